The van der Waals surface area contributed by atoms with E-state index in [9.17, 15) is 5.11 Å². The molecule has 0 bridgehead atoms. The Balaban J connectivity index is 1.83. The third kappa shape index (κ3) is 1.82. The fourth-order valence-corrected chi connectivity index (χ4v) is 3.34. The van der Waals surface area contributed by atoms with Gasteiger partial charge >= 0.3 is 0 Å². The lowest BCUT2D eigenvalue weighted by molar-refractivity contribution is 0.00925. The first kappa shape index (κ1) is 9.75. The van der Waals surface area contributed by atoms with Crippen LogP contribution in [0.5, 0.6) is 0 Å². The van der Waals surface area contributed by atoms with E-state index >= 15 is 0 Å². The van der Waals surface area contributed by atoms with Gasteiger partial charge in [0.2, 0.25) is 0 Å². The normalized spacial score (nSPS) is 25.4. The van der Waals surface area contributed by atoms with Gasteiger partial charge in [-0.25, -0.2) is 4.98 Å². The lowest BCUT2D eigenvalue weighted by atomic mass is 9.91. The third-order valence-electron chi connectivity index (χ3n) is 3.34. The number of hydrogen-bond acceptors (Lipinski definition) is 4. The molecule has 4 heteroatoms. The first-order valence-corrected chi connectivity index (χ1v) is 6.49. The summed E-state index contributed by atoms with van der Waals surface area (Å²) in [6, 6.07) is 0. The smallest absolute Gasteiger partial charge is 0.103 e. The molecular formula is C11H16N2OS. The van der Waals surface area contributed by atoms with E-state index in [1.54, 1.807) is 11.3 Å². The van der Waals surface area contributed by atoms with Crippen LogP contribution in [0.2, 0.25) is 0 Å². The lowest BCUT2D eigenvalue weighted by Crippen LogP contribution is -2.39. The second-order valence-electron chi connectivity index (χ2n) is 4.62. The van der Waals surface area contributed by atoms with Gasteiger partial charge in [-0.1, -0.05) is 0 Å². The standard InChI is InChI=1S/C11H16N2OS/c14-11(3-5-12-6-4-11)9-7-13-10(15-9)8-1-2-8/h7-8,12,14H,1-6H2. The van der Waals surface area contributed by atoms with Gasteiger partial charge in [0.25, 0.3) is 0 Å². The van der Waals surface area contributed by atoms with E-state index in [1.165, 1.54) is 17.8 Å². The van der Waals surface area contributed by atoms with E-state index in [1.807, 2.05) is 6.20 Å². The predicted octanol–water partition coefficient (Wildman–Crippen LogP) is 1.59. The van der Waals surface area contributed by atoms with Crippen LogP contribution in [0.25, 0.3) is 0 Å². The van der Waals surface area contributed by atoms with E-state index < -0.39 is 5.60 Å². The second-order valence-corrected chi connectivity index (χ2v) is 5.68. The Morgan fingerprint density at radius 3 is 2.80 bits per heavy atom. The summed E-state index contributed by atoms with van der Waals surface area (Å²) in [5.41, 5.74) is -0.601. The molecule has 3 nitrogen and oxygen atoms in total. The molecule has 1 saturated carbocycles. The average molecular weight is 224 g/mol. The lowest BCUT2D eigenvalue weighted by Gasteiger charge is -2.31. The van der Waals surface area contributed by atoms with Gasteiger partial charge in [0, 0.05) is 12.1 Å². The van der Waals surface area contributed by atoms with Crippen molar-refractivity contribution in [2.45, 2.75) is 37.2 Å². The summed E-state index contributed by atoms with van der Waals surface area (Å²) in [5, 5.41) is 15.0. The van der Waals surface area contributed by atoms with E-state index in [0.717, 1.165) is 30.8 Å². The molecule has 3 rings (SSSR count). The van der Waals surface area contributed by atoms with Crippen molar-refractivity contribution in [2.24, 2.45) is 0 Å². The Morgan fingerprint density at radius 2 is 2.13 bits per heavy atom. The molecule has 2 N–H and O–H groups in total. The van der Waals surface area contributed by atoms with Gasteiger partial charge in [-0.15, -0.1) is 11.3 Å². The maximum absolute atomic E-state index is 10.5. The number of thiazole rings is 1. The fourth-order valence-electron chi connectivity index (χ4n) is 2.11. The Hall–Kier alpha value is -0.450. The highest BCUT2D eigenvalue weighted by molar-refractivity contribution is 7.11. The minimum absolute atomic E-state index is 0.601. The number of rotatable bonds is 2. The molecule has 0 atom stereocenters. The van der Waals surface area contributed by atoms with Crippen molar-refractivity contribution in [3.63, 3.8) is 0 Å². The highest BCUT2D eigenvalue weighted by atomic mass is 32.1. The fraction of sp³-hybridized carbons (Fsp3) is 0.727. The summed E-state index contributed by atoms with van der Waals surface area (Å²) in [6.45, 7) is 1.82. The number of nitrogens with zero attached hydrogens (tertiary/aromatic N) is 1. The number of piperidine rings is 1. The molecule has 1 aliphatic carbocycles. The first-order valence-electron chi connectivity index (χ1n) is 5.67. The number of aliphatic hydroxyl groups is 1. The van der Waals surface area contributed by atoms with Gasteiger partial charge in [0.1, 0.15) is 5.60 Å². The van der Waals surface area contributed by atoms with Crippen molar-refractivity contribution in [1.82, 2.24) is 10.3 Å². The minimum atomic E-state index is -0.601. The van der Waals surface area contributed by atoms with Crippen molar-refractivity contribution < 1.29 is 5.11 Å². The second kappa shape index (κ2) is 3.54. The van der Waals surface area contributed by atoms with Gasteiger partial charge < -0.3 is 10.4 Å². The Kier molecular flexibility index (Phi) is 2.30. The van der Waals surface area contributed by atoms with Crippen LogP contribution in [0.15, 0.2) is 6.20 Å². The van der Waals surface area contributed by atoms with Crippen molar-refractivity contribution in [3.05, 3.63) is 16.1 Å². The molecule has 0 amide bonds. The van der Waals surface area contributed by atoms with Gasteiger partial charge in [0.15, 0.2) is 0 Å². The molecular weight excluding hydrogens is 208 g/mol. The largest absolute Gasteiger partial charge is 0.384 e. The van der Waals surface area contributed by atoms with Crippen LogP contribution in [-0.4, -0.2) is 23.2 Å². The summed E-state index contributed by atoms with van der Waals surface area (Å²) in [4.78, 5) is 5.51. The Morgan fingerprint density at radius 1 is 1.40 bits per heavy atom. The molecule has 0 unspecified atom stereocenters. The van der Waals surface area contributed by atoms with Crippen LogP contribution in [0.3, 0.4) is 0 Å². The highest BCUT2D eigenvalue weighted by Crippen LogP contribution is 2.44. The van der Waals surface area contributed by atoms with E-state index in [-0.39, 0.29) is 0 Å². The molecule has 82 valence electrons. The molecule has 0 radical (unpaired) electrons. The van der Waals surface area contributed by atoms with Crippen molar-refractivity contribution in [2.75, 3.05) is 13.1 Å². The molecule has 2 aliphatic rings. The van der Waals surface area contributed by atoms with Crippen molar-refractivity contribution in [1.29, 1.82) is 0 Å². The summed E-state index contributed by atoms with van der Waals surface area (Å²) in [6.07, 6.45) is 6.10. The summed E-state index contributed by atoms with van der Waals surface area (Å²) < 4.78 is 0. The third-order valence-corrected chi connectivity index (χ3v) is 4.69. The van der Waals surface area contributed by atoms with E-state index in [0.29, 0.717) is 5.92 Å². The monoisotopic (exact) mass is 224 g/mol. The van der Waals surface area contributed by atoms with Crippen LogP contribution in [0.4, 0.5) is 0 Å². The molecule has 1 saturated heterocycles. The summed E-state index contributed by atoms with van der Waals surface area (Å²) in [7, 11) is 0. The number of nitrogens with one attached hydrogen (secondary N) is 1. The molecule has 2 fully saturated rings. The zero-order chi connectivity index (χ0) is 10.3. The van der Waals surface area contributed by atoms with Crippen LogP contribution < -0.4 is 5.32 Å². The maximum Gasteiger partial charge on any atom is 0.103 e. The van der Waals surface area contributed by atoms with Gasteiger partial charge in [0.05, 0.1) is 9.88 Å². The van der Waals surface area contributed by atoms with Gasteiger partial charge in [-0.2, -0.15) is 0 Å². The van der Waals surface area contributed by atoms with Crippen molar-refractivity contribution in [3.8, 4) is 0 Å². The van der Waals surface area contributed by atoms with Gasteiger partial charge in [-0.05, 0) is 38.8 Å². The molecule has 2 heterocycles. The van der Waals surface area contributed by atoms with Crippen molar-refractivity contribution >= 4 is 11.3 Å². The molecule has 0 aromatic carbocycles. The summed E-state index contributed by atoms with van der Waals surface area (Å²) in [5.74, 6) is 0.703. The predicted molar refractivity (Wildman–Crippen MR) is 60.1 cm³/mol. The molecule has 1 aromatic rings. The molecule has 0 spiro atoms. The Bertz CT molecular complexity index is 353. The van der Waals surface area contributed by atoms with Crippen LogP contribution in [0.1, 0.15) is 41.5 Å². The van der Waals surface area contributed by atoms with E-state index in [2.05, 4.69) is 10.3 Å². The minimum Gasteiger partial charge on any atom is -0.384 e. The molecule has 1 aliphatic heterocycles. The Labute approximate surface area is 93.5 Å². The first-order chi connectivity index (χ1) is 7.28. The van der Waals surface area contributed by atoms with Crippen LogP contribution >= 0.6 is 11.3 Å². The van der Waals surface area contributed by atoms with Gasteiger partial charge in [-0.3, -0.25) is 0 Å². The quantitative estimate of drug-likeness (QED) is 0.802. The SMILES string of the molecule is OC1(c2cnc(C3CC3)s2)CCNCC1. The topological polar surface area (TPSA) is 45.2 Å². The zero-order valence-corrected chi connectivity index (χ0v) is 9.52. The number of hydrogen-bond donors (Lipinski definition) is 2. The average Bonchev–Trinajstić information content (AvgIpc) is 2.97. The summed E-state index contributed by atoms with van der Waals surface area (Å²) >= 11 is 1.72. The number of aromatic nitrogens is 1. The van der Waals surface area contributed by atoms with Crippen LogP contribution in [-0.2, 0) is 5.60 Å². The van der Waals surface area contributed by atoms with E-state index in [4.69, 9.17) is 0 Å². The molecule has 15 heavy (non-hydrogen) atoms. The maximum atomic E-state index is 10.5. The molecule has 1 aromatic heterocycles. The highest BCUT2D eigenvalue weighted by Gasteiger charge is 2.35. The van der Waals surface area contributed by atoms with Crippen LogP contribution in [0, 0.1) is 0 Å². The zero-order valence-electron chi connectivity index (χ0n) is 8.70.